The molecular weight excluding hydrogens is 322 g/mol. The van der Waals surface area contributed by atoms with Crippen LogP contribution in [0, 0.1) is 6.92 Å². The van der Waals surface area contributed by atoms with Crippen LogP contribution in [0.2, 0.25) is 0 Å². The average Bonchev–Trinajstić information content (AvgIpc) is 2.93. The van der Waals surface area contributed by atoms with Crippen molar-refractivity contribution in [1.82, 2.24) is 9.78 Å². The Bertz CT molecular complexity index is 974. The van der Waals surface area contributed by atoms with Gasteiger partial charge in [0.25, 0.3) is 5.91 Å². The van der Waals surface area contributed by atoms with Crippen molar-refractivity contribution in [2.45, 2.75) is 33.4 Å². The van der Waals surface area contributed by atoms with E-state index in [1.165, 1.54) is 6.07 Å². The predicted octanol–water partition coefficient (Wildman–Crippen LogP) is 2.72. The fraction of sp³-hybridized carbons (Fsp3) is 0.278. The van der Waals surface area contributed by atoms with Crippen molar-refractivity contribution < 1.29 is 13.9 Å². The number of carbonyl (C=O) groups excluding carboxylic acids is 1. The van der Waals surface area contributed by atoms with Crippen LogP contribution in [0.4, 0.5) is 5.82 Å². The molecule has 3 rings (SSSR count). The minimum atomic E-state index is -0.736. The Morgan fingerprint density at radius 3 is 2.80 bits per heavy atom. The zero-order chi connectivity index (χ0) is 18.0. The highest BCUT2D eigenvalue weighted by Gasteiger charge is 2.17. The number of nitrogens with one attached hydrogen (secondary N) is 1. The second-order valence-electron chi connectivity index (χ2n) is 5.69. The minimum Gasteiger partial charge on any atom is -0.481 e. The Labute approximate surface area is 144 Å². The number of hydrogen-bond acceptors (Lipinski definition) is 5. The van der Waals surface area contributed by atoms with Crippen molar-refractivity contribution in [3.05, 3.63) is 52.5 Å². The second kappa shape index (κ2) is 6.80. The molecule has 130 valence electrons. The molecule has 1 atom stereocenters. The maximum Gasteiger partial charge on any atom is 0.336 e. The lowest BCUT2D eigenvalue weighted by Crippen LogP contribution is -2.30. The van der Waals surface area contributed by atoms with Gasteiger partial charge >= 0.3 is 5.63 Å². The molecule has 0 spiro atoms. The van der Waals surface area contributed by atoms with E-state index in [4.69, 9.17) is 9.15 Å². The molecule has 0 bridgehead atoms. The van der Waals surface area contributed by atoms with E-state index >= 15 is 0 Å². The van der Waals surface area contributed by atoms with Crippen LogP contribution in [0.5, 0.6) is 5.75 Å². The fourth-order valence-corrected chi connectivity index (χ4v) is 2.49. The summed E-state index contributed by atoms with van der Waals surface area (Å²) in [5.74, 6) is 0.624. The molecule has 7 heteroatoms. The SMILES string of the molecule is CCn1nc(NC(=O)C(C)Oc2ccc3ccc(=O)oc3c2)cc1C. The molecule has 25 heavy (non-hydrogen) atoms. The highest BCUT2D eigenvalue weighted by Crippen LogP contribution is 2.20. The smallest absolute Gasteiger partial charge is 0.336 e. The number of carbonyl (C=O) groups is 1. The van der Waals surface area contributed by atoms with Gasteiger partial charge in [0.05, 0.1) is 0 Å². The highest BCUT2D eigenvalue weighted by molar-refractivity contribution is 5.93. The molecule has 0 aliphatic carbocycles. The van der Waals surface area contributed by atoms with Crippen LogP contribution in [-0.4, -0.2) is 21.8 Å². The first kappa shape index (κ1) is 16.8. The molecular formula is C18H19N3O4. The summed E-state index contributed by atoms with van der Waals surface area (Å²) >= 11 is 0. The van der Waals surface area contributed by atoms with Crippen LogP contribution >= 0.6 is 0 Å². The Balaban J connectivity index is 1.71. The monoisotopic (exact) mass is 341 g/mol. The van der Waals surface area contributed by atoms with Crippen molar-refractivity contribution in [3.63, 3.8) is 0 Å². The summed E-state index contributed by atoms with van der Waals surface area (Å²) in [7, 11) is 0. The molecule has 2 aromatic heterocycles. The number of amides is 1. The topological polar surface area (TPSA) is 86.4 Å². The fourth-order valence-electron chi connectivity index (χ4n) is 2.49. The Hall–Kier alpha value is -3.09. The van der Waals surface area contributed by atoms with Gasteiger partial charge in [0, 0.05) is 35.8 Å². The number of rotatable bonds is 5. The number of aromatic nitrogens is 2. The largest absolute Gasteiger partial charge is 0.481 e. The summed E-state index contributed by atoms with van der Waals surface area (Å²) < 4.78 is 12.6. The molecule has 1 aromatic carbocycles. The van der Waals surface area contributed by atoms with Crippen LogP contribution in [0.3, 0.4) is 0 Å². The lowest BCUT2D eigenvalue weighted by atomic mass is 10.2. The van der Waals surface area contributed by atoms with E-state index in [0.717, 1.165) is 17.6 Å². The maximum atomic E-state index is 12.3. The zero-order valence-corrected chi connectivity index (χ0v) is 14.3. The van der Waals surface area contributed by atoms with Gasteiger partial charge in [-0.25, -0.2) is 4.79 Å². The van der Waals surface area contributed by atoms with Gasteiger partial charge < -0.3 is 14.5 Å². The summed E-state index contributed by atoms with van der Waals surface area (Å²) in [4.78, 5) is 23.6. The van der Waals surface area contributed by atoms with Crippen LogP contribution in [0.1, 0.15) is 19.5 Å². The lowest BCUT2D eigenvalue weighted by molar-refractivity contribution is -0.122. The molecule has 1 amide bonds. The van der Waals surface area contributed by atoms with E-state index in [-0.39, 0.29) is 5.91 Å². The number of nitrogens with zero attached hydrogens (tertiary/aromatic N) is 2. The second-order valence-corrected chi connectivity index (χ2v) is 5.69. The van der Waals surface area contributed by atoms with E-state index in [2.05, 4.69) is 10.4 Å². The standard InChI is InChI=1S/C18H19N3O4/c1-4-21-11(2)9-16(20-21)19-18(23)12(3)24-14-7-5-13-6-8-17(22)25-15(13)10-14/h5-10,12H,4H2,1-3H3,(H,19,20,23). The van der Waals surface area contributed by atoms with Gasteiger partial charge in [0.2, 0.25) is 0 Å². The number of ether oxygens (including phenoxy) is 1. The summed E-state index contributed by atoms with van der Waals surface area (Å²) in [5.41, 5.74) is 0.947. The van der Waals surface area contributed by atoms with Gasteiger partial charge in [0.15, 0.2) is 11.9 Å². The predicted molar refractivity (Wildman–Crippen MR) is 93.8 cm³/mol. The van der Waals surface area contributed by atoms with E-state index < -0.39 is 11.7 Å². The third kappa shape index (κ3) is 3.71. The number of anilines is 1. The highest BCUT2D eigenvalue weighted by atomic mass is 16.5. The van der Waals surface area contributed by atoms with E-state index in [1.54, 1.807) is 41.9 Å². The summed E-state index contributed by atoms with van der Waals surface area (Å²) in [6.07, 6.45) is -0.736. The minimum absolute atomic E-state index is 0.310. The van der Waals surface area contributed by atoms with Gasteiger partial charge in [-0.1, -0.05) is 0 Å². The van der Waals surface area contributed by atoms with Crippen molar-refractivity contribution in [2.75, 3.05) is 5.32 Å². The third-order valence-electron chi connectivity index (χ3n) is 3.81. The lowest BCUT2D eigenvalue weighted by Gasteiger charge is -2.14. The first-order chi connectivity index (χ1) is 12.0. The van der Waals surface area contributed by atoms with Crippen molar-refractivity contribution in [1.29, 1.82) is 0 Å². The van der Waals surface area contributed by atoms with Crippen LogP contribution in [0.25, 0.3) is 11.0 Å². The molecule has 1 N–H and O–H groups in total. The van der Waals surface area contributed by atoms with Gasteiger partial charge in [-0.05, 0) is 39.0 Å². The van der Waals surface area contributed by atoms with Gasteiger partial charge in [-0.3, -0.25) is 9.48 Å². The summed E-state index contributed by atoms with van der Waals surface area (Å²) in [6.45, 7) is 6.28. The Morgan fingerprint density at radius 2 is 2.08 bits per heavy atom. The van der Waals surface area contributed by atoms with Crippen LogP contribution in [-0.2, 0) is 11.3 Å². The first-order valence-corrected chi connectivity index (χ1v) is 8.02. The Kier molecular flexibility index (Phi) is 4.56. The maximum absolute atomic E-state index is 12.3. The molecule has 0 saturated carbocycles. The van der Waals surface area contributed by atoms with Crippen molar-refractivity contribution in [3.8, 4) is 5.75 Å². The molecule has 1 unspecified atom stereocenters. The van der Waals surface area contributed by atoms with Crippen molar-refractivity contribution >= 4 is 22.7 Å². The Morgan fingerprint density at radius 1 is 1.32 bits per heavy atom. The molecule has 0 aliphatic rings. The molecule has 0 saturated heterocycles. The van der Waals surface area contributed by atoms with Crippen LogP contribution < -0.4 is 15.7 Å². The molecule has 0 radical (unpaired) electrons. The number of benzene rings is 1. The molecule has 0 fully saturated rings. The van der Waals surface area contributed by atoms with Crippen LogP contribution in [0.15, 0.2) is 45.6 Å². The first-order valence-electron chi connectivity index (χ1n) is 8.02. The van der Waals surface area contributed by atoms with Gasteiger partial charge in [0.1, 0.15) is 11.3 Å². The summed E-state index contributed by atoms with van der Waals surface area (Å²) in [6, 6.07) is 9.92. The van der Waals surface area contributed by atoms with Gasteiger partial charge in [-0.2, -0.15) is 5.10 Å². The van der Waals surface area contributed by atoms with E-state index in [1.807, 2.05) is 13.8 Å². The van der Waals surface area contributed by atoms with E-state index in [9.17, 15) is 9.59 Å². The molecule has 2 heterocycles. The summed E-state index contributed by atoms with van der Waals surface area (Å²) in [5, 5.41) is 7.80. The third-order valence-corrected chi connectivity index (χ3v) is 3.81. The number of hydrogen-bond donors (Lipinski definition) is 1. The quantitative estimate of drug-likeness (QED) is 0.721. The normalized spacial score (nSPS) is 12.1. The zero-order valence-electron chi connectivity index (χ0n) is 14.3. The molecule has 3 aromatic rings. The number of aryl methyl sites for hydroxylation is 2. The molecule has 7 nitrogen and oxygen atoms in total. The van der Waals surface area contributed by atoms with Gasteiger partial charge in [-0.15, -0.1) is 0 Å². The van der Waals surface area contributed by atoms with E-state index in [0.29, 0.717) is 17.2 Å². The molecule has 0 aliphatic heterocycles. The average molecular weight is 341 g/mol. The number of fused-ring (bicyclic) bond motifs is 1. The van der Waals surface area contributed by atoms with Crippen molar-refractivity contribution in [2.24, 2.45) is 0 Å².